The summed E-state index contributed by atoms with van der Waals surface area (Å²) in [6.45, 7) is 4.53. The fraction of sp³-hybridized carbons (Fsp3) is 0.286. The largest absolute Gasteiger partial charge is 0.490 e. The lowest BCUT2D eigenvalue weighted by atomic mass is 10.1. The molecule has 0 heterocycles. The summed E-state index contributed by atoms with van der Waals surface area (Å²) in [5.41, 5.74) is 7.00. The Morgan fingerprint density at radius 2 is 2.00 bits per heavy atom. The number of oxime groups is 1. The van der Waals surface area contributed by atoms with E-state index in [1.54, 1.807) is 24.3 Å². The standard InChI is InChI=1S/C14H18N2O3/c1-10(2)7-8-19-12-5-3-11(4-6-12)9-13(16-18)14(15)17/h3-7,18H,8-9H2,1-2H3,(H2,15,17)/b16-13+. The second-order valence-corrected chi connectivity index (χ2v) is 4.32. The fourth-order valence-corrected chi connectivity index (χ4v) is 1.37. The lowest BCUT2D eigenvalue weighted by Gasteiger charge is -2.05. The van der Waals surface area contributed by atoms with E-state index in [2.05, 4.69) is 5.16 Å². The van der Waals surface area contributed by atoms with Crippen LogP contribution in [0.2, 0.25) is 0 Å². The molecule has 0 aromatic heterocycles. The summed E-state index contributed by atoms with van der Waals surface area (Å²) >= 11 is 0. The van der Waals surface area contributed by atoms with Gasteiger partial charge in [0.25, 0.3) is 5.91 Å². The number of nitrogens with two attached hydrogens (primary N) is 1. The van der Waals surface area contributed by atoms with Crippen molar-refractivity contribution < 1.29 is 14.7 Å². The molecule has 5 nitrogen and oxygen atoms in total. The fourth-order valence-electron chi connectivity index (χ4n) is 1.37. The van der Waals surface area contributed by atoms with Crippen LogP contribution in [0, 0.1) is 0 Å². The molecule has 1 rings (SSSR count). The van der Waals surface area contributed by atoms with E-state index in [1.807, 2.05) is 19.9 Å². The van der Waals surface area contributed by atoms with Crippen LogP contribution in [-0.2, 0) is 11.2 Å². The van der Waals surface area contributed by atoms with Gasteiger partial charge >= 0.3 is 0 Å². The number of benzene rings is 1. The molecule has 0 radical (unpaired) electrons. The predicted octanol–water partition coefficient (Wildman–Crippen LogP) is 1.89. The average molecular weight is 262 g/mol. The lowest BCUT2D eigenvalue weighted by Crippen LogP contribution is -2.25. The van der Waals surface area contributed by atoms with Crippen molar-refractivity contribution in [3.8, 4) is 5.75 Å². The van der Waals surface area contributed by atoms with Gasteiger partial charge in [-0.15, -0.1) is 0 Å². The first kappa shape index (κ1) is 14.8. The van der Waals surface area contributed by atoms with E-state index >= 15 is 0 Å². The number of rotatable bonds is 6. The van der Waals surface area contributed by atoms with Crippen molar-refractivity contribution >= 4 is 11.6 Å². The number of hydrogen-bond donors (Lipinski definition) is 2. The molecule has 1 aromatic carbocycles. The van der Waals surface area contributed by atoms with E-state index < -0.39 is 5.91 Å². The van der Waals surface area contributed by atoms with Gasteiger partial charge in [-0.1, -0.05) is 22.9 Å². The second-order valence-electron chi connectivity index (χ2n) is 4.32. The van der Waals surface area contributed by atoms with Crippen LogP contribution in [0.15, 0.2) is 41.1 Å². The minimum Gasteiger partial charge on any atom is -0.490 e. The number of hydrogen-bond acceptors (Lipinski definition) is 4. The highest BCUT2D eigenvalue weighted by atomic mass is 16.5. The maximum atomic E-state index is 10.9. The molecule has 19 heavy (non-hydrogen) atoms. The molecule has 0 atom stereocenters. The van der Waals surface area contributed by atoms with Crippen molar-refractivity contribution in [2.24, 2.45) is 10.9 Å². The molecule has 0 aliphatic heterocycles. The smallest absolute Gasteiger partial charge is 0.266 e. The Hall–Kier alpha value is -2.30. The number of primary amides is 1. The summed E-state index contributed by atoms with van der Waals surface area (Å²) in [7, 11) is 0. The van der Waals surface area contributed by atoms with Crippen LogP contribution < -0.4 is 10.5 Å². The molecule has 0 saturated heterocycles. The normalized spacial score (nSPS) is 10.9. The first-order chi connectivity index (χ1) is 9.02. The molecule has 1 amide bonds. The van der Waals surface area contributed by atoms with Crippen LogP contribution in [0.5, 0.6) is 5.75 Å². The third-order valence-electron chi connectivity index (χ3n) is 2.44. The van der Waals surface area contributed by atoms with Crippen LogP contribution >= 0.6 is 0 Å². The van der Waals surface area contributed by atoms with Crippen molar-refractivity contribution in [3.63, 3.8) is 0 Å². The van der Waals surface area contributed by atoms with Crippen LogP contribution in [0.1, 0.15) is 19.4 Å². The van der Waals surface area contributed by atoms with Gasteiger partial charge in [-0.05, 0) is 37.6 Å². The SMILES string of the molecule is CC(C)=CCOc1ccc(C/C(=N\O)C(N)=O)cc1. The van der Waals surface area contributed by atoms with Gasteiger partial charge in [-0.3, -0.25) is 4.79 Å². The van der Waals surface area contributed by atoms with Crippen LogP contribution in [0.25, 0.3) is 0 Å². The van der Waals surface area contributed by atoms with Gasteiger partial charge in [-0.2, -0.15) is 0 Å². The van der Waals surface area contributed by atoms with Crippen molar-refractivity contribution in [3.05, 3.63) is 41.5 Å². The van der Waals surface area contributed by atoms with E-state index in [-0.39, 0.29) is 12.1 Å². The Morgan fingerprint density at radius 1 is 1.37 bits per heavy atom. The maximum Gasteiger partial charge on any atom is 0.266 e. The van der Waals surface area contributed by atoms with Crippen molar-refractivity contribution in [2.75, 3.05) is 6.61 Å². The van der Waals surface area contributed by atoms with Crippen molar-refractivity contribution in [1.82, 2.24) is 0 Å². The first-order valence-corrected chi connectivity index (χ1v) is 5.88. The Balaban J connectivity index is 2.61. The summed E-state index contributed by atoms with van der Waals surface area (Å²) in [5.74, 6) is 0.00852. The van der Waals surface area contributed by atoms with Gasteiger partial charge in [0.2, 0.25) is 0 Å². The van der Waals surface area contributed by atoms with Crippen LogP contribution in [0.3, 0.4) is 0 Å². The third kappa shape index (κ3) is 5.25. The minimum absolute atomic E-state index is 0.0711. The Morgan fingerprint density at radius 3 is 2.47 bits per heavy atom. The molecule has 0 unspecified atom stereocenters. The highest BCUT2D eigenvalue weighted by Crippen LogP contribution is 2.13. The number of allylic oxidation sites excluding steroid dienone is 1. The minimum atomic E-state index is -0.730. The van der Waals surface area contributed by atoms with E-state index in [0.29, 0.717) is 6.61 Å². The van der Waals surface area contributed by atoms with Crippen LogP contribution in [-0.4, -0.2) is 23.4 Å². The van der Waals surface area contributed by atoms with Crippen LogP contribution in [0.4, 0.5) is 0 Å². The third-order valence-corrected chi connectivity index (χ3v) is 2.44. The number of ether oxygens (including phenoxy) is 1. The number of carbonyl (C=O) groups is 1. The van der Waals surface area contributed by atoms with E-state index in [4.69, 9.17) is 15.7 Å². The van der Waals surface area contributed by atoms with E-state index in [1.165, 1.54) is 5.57 Å². The van der Waals surface area contributed by atoms with Gasteiger partial charge in [0.15, 0.2) is 0 Å². The summed E-state index contributed by atoms with van der Waals surface area (Å²) in [5, 5.41) is 11.5. The van der Waals surface area contributed by atoms with Gasteiger partial charge < -0.3 is 15.7 Å². The summed E-state index contributed by atoms with van der Waals surface area (Å²) in [6, 6.07) is 7.19. The Kier molecular flexibility index (Phi) is 5.60. The molecule has 0 fully saturated rings. The summed E-state index contributed by atoms with van der Waals surface area (Å²) < 4.78 is 5.50. The van der Waals surface area contributed by atoms with E-state index in [9.17, 15) is 4.79 Å². The molecule has 3 N–H and O–H groups in total. The van der Waals surface area contributed by atoms with Gasteiger partial charge in [-0.25, -0.2) is 0 Å². The average Bonchev–Trinajstić information content (AvgIpc) is 2.37. The molecular formula is C14H18N2O3. The molecule has 1 aromatic rings. The molecule has 102 valence electrons. The monoisotopic (exact) mass is 262 g/mol. The molecular weight excluding hydrogens is 244 g/mol. The topological polar surface area (TPSA) is 84.9 Å². The number of carbonyl (C=O) groups excluding carboxylic acids is 1. The molecule has 0 aliphatic rings. The molecule has 0 bridgehead atoms. The highest BCUT2D eigenvalue weighted by Gasteiger charge is 2.08. The van der Waals surface area contributed by atoms with Gasteiger partial charge in [0, 0.05) is 6.42 Å². The summed E-state index contributed by atoms with van der Waals surface area (Å²) in [4.78, 5) is 10.9. The number of amides is 1. The zero-order valence-electron chi connectivity index (χ0n) is 11.1. The summed E-state index contributed by atoms with van der Waals surface area (Å²) in [6.07, 6.45) is 2.18. The van der Waals surface area contributed by atoms with E-state index in [0.717, 1.165) is 11.3 Å². The Bertz CT molecular complexity index is 486. The highest BCUT2D eigenvalue weighted by molar-refractivity contribution is 6.38. The van der Waals surface area contributed by atoms with Crippen molar-refractivity contribution in [1.29, 1.82) is 0 Å². The molecule has 0 aliphatic carbocycles. The quantitative estimate of drug-likeness (QED) is 0.355. The Labute approximate surface area is 112 Å². The zero-order chi connectivity index (χ0) is 14.3. The molecule has 0 spiro atoms. The van der Waals surface area contributed by atoms with Crippen molar-refractivity contribution in [2.45, 2.75) is 20.3 Å². The zero-order valence-corrected chi connectivity index (χ0v) is 11.1. The predicted molar refractivity (Wildman–Crippen MR) is 73.5 cm³/mol. The number of nitrogens with zero attached hydrogens (tertiary/aromatic N) is 1. The van der Waals surface area contributed by atoms with Gasteiger partial charge in [0.1, 0.15) is 18.1 Å². The van der Waals surface area contributed by atoms with Gasteiger partial charge in [0.05, 0.1) is 0 Å². The molecule has 5 heteroatoms. The lowest BCUT2D eigenvalue weighted by molar-refractivity contribution is -0.112. The molecule has 0 saturated carbocycles. The maximum absolute atomic E-state index is 10.9. The second kappa shape index (κ2) is 7.20. The first-order valence-electron chi connectivity index (χ1n) is 5.88.